The van der Waals surface area contributed by atoms with Gasteiger partial charge in [0.1, 0.15) is 0 Å². The SMILES string of the molecule is CC(=O)NCCNCCCC(C)(C)C. The quantitative estimate of drug-likeness (QED) is 0.639. The van der Waals surface area contributed by atoms with Gasteiger partial charge in [-0.25, -0.2) is 0 Å². The lowest BCUT2D eigenvalue weighted by Gasteiger charge is -2.17. The summed E-state index contributed by atoms with van der Waals surface area (Å²) in [5, 5.41) is 6.05. The number of carbonyl (C=O) groups excluding carboxylic acids is 1. The van der Waals surface area contributed by atoms with Crippen LogP contribution in [0.15, 0.2) is 0 Å². The minimum absolute atomic E-state index is 0.0430. The number of carbonyl (C=O) groups is 1. The first-order valence-electron chi connectivity index (χ1n) is 5.37. The van der Waals surface area contributed by atoms with Crippen molar-refractivity contribution < 1.29 is 4.79 Å². The Morgan fingerprint density at radius 1 is 1.14 bits per heavy atom. The van der Waals surface area contributed by atoms with Crippen molar-refractivity contribution in [2.24, 2.45) is 5.41 Å². The van der Waals surface area contributed by atoms with E-state index in [1.54, 1.807) is 6.92 Å². The van der Waals surface area contributed by atoms with E-state index in [0.29, 0.717) is 5.41 Å². The molecule has 14 heavy (non-hydrogen) atoms. The van der Waals surface area contributed by atoms with Gasteiger partial charge in [0.25, 0.3) is 0 Å². The fourth-order valence-electron chi connectivity index (χ4n) is 1.20. The van der Waals surface area contributed by atoms with Crippen molar-refractivity contribution in [3.05, 3.63) is 0 Å². The summed E-state index contributed by atoms with van der Waals surface area (Å²) in [7, 11) is 0. The average molecular weight is 200 g/mol. The van der Waals surface area contributed by atoms with E-state index in [9.17, 15) is 4.79 Å². The monoisotopic (exact) mass is 200 g/mol. The summed E-state index contributed by atoms with van der Waals surface area (Å²) in [5.74, 6) is 0.0430. The summed E-state index contributed by atoms with van der Waals surface area (Å²) in [6.07, 6.45) is 2.43. The third-order valence-corrected chi connectivity index (χ3v) is 1.96. The van der Waals surface area contributed by atoms with E-state index < -0.39 is 0 Å². The molecule has 3 heteroatoms. The molecule has 0 aromatic heterocycles. The number of hydrogen-bond donors (Lipinski definition) is 2. The van der Waals surface area contributed by atoms with Gasteiger partial charge in [-0.05, 0) is 24.8 Å². The van der Waals surface area contributed by atoms with Crippen molar-refractivity contribution in [3.63, 3.8) is 0 Å². The summed E-state index contributed by atoms with van der Waals surface area (Å²) in [6, 6.07) is 0. The first-order valence-corrected chi connectivity index (χ1v) is 5.37. The maximum atomic E-state index is 10.5. The van der Waals surface area contributed by atoms with Gasteiger partial charge in [-0.2, -0.15) is 0 Å². The molecule has 3 nitrogen and oxygen atoms in total. The van der Waals surface area contributed by atoms with E-state index in [1.165, 1.54) is 12.8 Å². The molecule has 84 valence electrons. The van der Waals surface area contributed by atoms with Crippen LogP contribution in [0.25, 0.3) is 0 Å². The predicted octanol–water partition coefficient (Wildman–Crippen LogP) is 1.54. The lowest BCUT2D eigenvalue weighted by atomic mass is 9.91. The van der Waals surface area contributed by atoms with Crippen molar-refractivity contribution in [2.45, 2.75) is 40.5 Å². The van der Waals surface area contributed by atoms with Crippen molar-refractivity contribution in [1.29, 1.82) is 0 Å². The highest BCUT2D eigenvalue weighted by Crippen LogP contribution is 2.19. The van der Waals surface area contributed by atoms with Gasteiger partial charge in [0, 0.05) is 20.0 Å². The van der Waals surface area contributed by atoms with Crippen LogP contribution in [0, 0.1) is 5.41 Å². The molecule has 1 amide bonds. The number of amides is 1. The van der Waals surface area contributed by atoms with E-state index in [1.807, 2.05) is 0 Å². The van der Waals surface area contributed by atoms with Crippen LogP contribution in [-0.4, -0.2) is 25.5 Å². The fourth-order valence-corrected chi connectivity index (χ4v) is 1.20. The average Bonchev–Trinajstić information content (AvgIpc) is 2.00. The van der Waals surface area contributed by atoms with Crippen molar-refractivity contribution in [1.82, 2.24) is 10.6 Å². The van der Waals surface area contributed by atoms with Crippen LogP contribution in [0.1, 0.15) is 40.5 Å². The molecule has 0 aliphatic heterocycles. The van der Waals surface area contributed by atoms with E-state index in [2.05, 4.69) is 31.4 Å². The zero-order valence-electron chi connectivity index (χ0n) is 9.94. The lowest BCUT2D eigenvalue weighted by Crippen LogP contribution is -2.30. The molecule has 0 aromatic rings. The number of nitrogens with one attached hydrogen (secondary N) is 2. The molecule has 0 bridgehead atoms. The Labute approximate surface area is 87.6 Å². The van der Waals surface area contributed by atoms with Gasteiger partial charge >= 0.3 is 0 Å². The Hall–Kier alpha value is -0.570. The minimum Gasteiger partial charge on any atom is -0.355 e. The highest BCUT2D eigenvalue weighted by Gasteiger charge is 2.08. The van der Waals surface area contributed by atoms with E-state index in [4.69, 9.17) is 0 Å². The number of rotatable bonds is 6. The van der Waals surface area contributed by atoms with Gasteiger partial charge in [-0.1, -0.05) is 20.8 Å². The molecule has 0 aliphatic carbocycles. The largest absolute Gasteiger partial charge is 0.355 e. The summed E-state index contributed by atoms with van der Waals surface area (Å²) < 4.78 is 0. The van der Waals surface area contributed by atoms with Crippen LogP contribution in [0.5, 0.6) is 0 Å². The smallest absolute Gasteiger partial charge is 0.216 e. The molecule has 0 heterocycles. The van der Waals surface area contributed by atoms with Crippen molar-refractivity contribution in [2.75, 3.05) is 19.6 Å². The summed E-state index contributed by atoms with van der Waals surface area (Å²) in [4.78, 5) is 10.5. The minimum atomic E-state index is 0.0430. The number of hydrogen-bond acceptors (Lipinski definition) is 2. The second-order valence-electron chi connectivity index (χ2n) is 4.90. The standard InChI is InChI=1S/C11H24N2O/c1-10(14)13-9-8-12-7-5-6-11(2,3)4/h12H,5-9H2,1-4H3,(H,13,14). The van der Waals surface area contributed by atoms with Crippen LogP contribution >= 0.6 is 0 Å². The van der Waals surface area contributed by atoms with Gasteiger partial charge in [-0.15, -0.1) is 0 Å². The molecular formula is C11H24N2O. The first-order chi connectivity index (χ1) is 6.42. The summed E-state index contributed by atoms with van der Waals surface area (Å²) >= 11 is 0. The first kappa shape index (κ1) is 13.4. The van der Waals surface area contributed by atoms with Crippen LogP contribution < -0.4 is 10.6 Å². The molecule has 0 atom stereocenters. The van der Waals surface area contributed by atoms with Crippen LogP contribution in [-0.2, 0) is 4.79 Å². The Morgan fingerprint density at radius 2 is 1.79 bits per heavy atom. The molecule has 0 aliphatic rings. The van der Waals surface area contributed by atoms with Gasteiger partial charge < -0.3 is 10.6 Å². The topological polar surface area (TPSA) is 41.1 Å². The Balaban J connectivity index is 3.11. The third kappa shape index (κ3) is 11.4. The maximum Gasteiger partial charge on any atom is 0.216 e. The van der Waals surface area contributed by atoms with Gasteiger partial charge in [0.05, 0.1) is 0 Å². The molecule has 0 aromatic carbocycles. The lowest BCUT2D eigenvalue weighted by molar-refractivity contribution is -0.118. The summed E-state index contributed by atoms with van der Waals surface area (Å²) in [5.41, 5.74) is 0.430. The van der Waals surface area contributed by atoms with Crippen LogP contribution in [0.2, 0.25) is 0 Å². The third-order valence-electron chi connectivity index (χ3n) is 1.96. The highest BCUT2D eigenvalue weighted by molar-refractivity contribution is 5.72. The van der Waals surface area contributed by atoms with Crippen molar-refractivity contribution >= 4 is 5.91 Å². The highest BCUT2D eigenvalue weighted by atomic mass is 16.1. The zero-order valence-corrected chi connectivity index (χ0v) is 9.94. The molecule has 0 spiro atoms. The normalized spacial score (nSPS) is 11.4. The molecule has 0 saturated carbocycles. The molecule has 0 unspecified atom stereocenters. The zero-order chi connectivity index (χ0) is 11.0. The maximum absolute atomic E-state index is 10.5. The molecule has 0 saturated heterocycles. The molecule has 0 rings (SSSR count). The summed E-state index contributed by atoms with van der Waals surface area (Å²) in [6.45, 7) is 10.9. The van der Waals surface area contributed by atoms with Crippen LogP contribution in [0.3, 0.4) is 0 Å². The molecule has 2 N–H and O–H groups in total. The fraction of sp³-hybridized carbons (Fsp3) is 0.909. The predicted molar refractivity (Wildman–Crippen MR) is 60.2 cm³/mol. The van der Waals surface area contributed by atoms with Crippen LogP contribution in [0.4, 0.5) is 0 Å². The van der Waals surface area contributed by atoms with E-state index in [0.717, 1.165) is 19.6 Å². The Kier molecular flexibility index (Phi) is 6.54. The molecule has 0 fully saturated rings. The van der Waals surface area contributed by atoms with Gasteiger partial charge in [0.2, 0.25) is 5.91 Å². The second kappa shape index (κ2) is 6.82. The van der Waals surface area contributed by atoms with E-state index in [-0.39, 0.29) is 5.91 Å². The van der Waals surface area contributed by atoms with Gasteiger partial charge in [0.15, 0.2) is 0 Å². The molecular weight excluding hydrogens is 176 g/mol. The van der Waals surface area contributed by atoms with E-state index >= 15 is 0 Å². The van der Waals surface area contributed by atoms with Gasteiger partial charge in [-0.3, -0.25) is 4.79 Å². The molecule has 0 radical (unpaired) electrons. The second-order valence-corrected chi connectivity index (χ2v) is 4.90. The Bertz CT molecular complexity index is 161. The Morgan fingerprint density at radius 3 is 2.29 bits per heavy atom. The van der Waals surface area contributed by atoms with Crippen molar-refractivity contribution in [3.8, 4) is 0 Å².